The molecule has 0 aliphatic heterocycles. The minimum Gasteiger partial charge on any atom is -0.393 e. The molecule has 1 N–H and O–H groups in total. The highest BCUT2D eigenvalue weighted by molar-refractivity contribution is 5.91. The lowest BCUT2D eigenvalue weighted by atomic mass is 9.47. The minimum atomic E-state index is -0.0823. The van der Waals surface area contributed by atoms with Crippen LogP contribution in [0.2, 0.25) is 0 Å². The van der Waals surface area contributed by atoms with E-state index in [-0.39, 0.29) is 16.9 Å². The molecule has 0 heterocycles. The molecule has 4 aliphatic rings. The Balaban J connectivity index is 1.69. The van der Waals surface area contributed by atoms with Gasteiger partial charge in [-0.15, -0.1) is 0 Å². The van der Waals surface area contributed by atoms with Gasteiger partial charge in [-0.05, 0) is 79.6 Å². The Kier molecular flexibility index (Phi) is 2.96. The van der Waals surface area contributed by atoms with E-state index in [1.165, 1.54) is 31.3 Å². The van der Waals surface area contributed by atoms with Crippen LogP contribution in [0.15, 0.2) is 11.6 Å². The zero-order valence-electron chi connectivity index (χ0n) is 13.4. The average Bonchev–Trinajstić information content (AvgIpc) is 2.76. The van der Waals surface area contributed by atoms with Crippen molar-refractivity contribution in [2.45, 2.75) is 71.3 Å². The molecule has 0 aromatic carbocycles. The number of carbonyl (C=O) groups is 1. The van der Waals surface area contributed by atoms with E-state index in [0.29, 0.717) is 11.7 Å². The number of aliphatic hydroxyl groups excluding tert-OH is 1. The smallest absolute Gasteiger partial charge is 0.155 e. The Morgan fingerprint density at radius 3 is 2.67 bits per heavy atom. The molecule has 2 heteroatoms. The molecule has 2 nitrogen and oxygen atoms in total. The molecule has 0 aromatic rings. The summed E-state index contributed by atoms with van der Waals surface area (Å²) in [5.41, 5.74) is 1.89. The number of hydrogen-bond acceptors (Lipinski definition) is 2. The predicted octanol–water partition coefficient (Wildman–Crippen LogP) is 3.88. The summed E-state index contributed by atoms with van der Waals surface area (Å²) in [5.74, 6) is 2.57. The number of rotatable bonds is 0. The molecule has 6 atom stereocenters. The lowest BCUT2D eigenvalue weighted by Crippen LogP contribution is -2.51. The van der Waals surface area contributed by atoms with Crippen LogP contribution in [-0.2, 0) is 4.79 Å². The summed E-state index contributed by atoms with van der Waals surface area (Å²) >= 11 is 0. The fourth-order valence-corrected chi connectivity index (χ4v) is 6.53. The maximum absolute atomic E-state index is 11.8. The van der Waals surface area contributed by atoms with Gasteiger partial charge in [-0.3, -0.25) is 4.79 Å². The Morgan fingerprint density at radius 2 is 1.86 bits per heavy atom. The van der Waals surface area contributed by atoms with Gasteiger partial charge in [-0.2, -0.15) is 0 Å². The zero-order chi connectivity index (χ0) is 14.8. The average molecular weight is 288 g/mol. The van der Waals surface area contributed by atoms with E-state index in [1.807, 2.05) is 6.08 Å². The third kappa shape index (κ3) is 1.78. The van der Waals surface area contributed by atoms with Crippen LogP contribution in [0, 0.1) is 28.6 Å². The van der Waals surface area contributed by atoms with Crippen molar-refractivity contribution < 1.29 is 9.90 Å². The van der Waals surface area contributed by atoms with Gasteiger partial charge >= 0.3 is 0 Å². The Bertz CT molecular complexity index is 508. The van der Waals surface area contributed by atoms with Crippen LogP contribution in [0.4, 0.5) is 0 Å². The quantitative estimate of drug-likeness (QED) is 0.734. The van der Waals surface area contributed by atoms with E-state index in [1.54, 1.807) is 0 Å². The van der Waals surface area contributed by atoms with Crippen molar-refractivity contribution in [3.05, 3.63) is 11.6 Å². The Labute approximate surface area is 128 Å². The van der Waals surface area contributed by atoms with Gasteiger partial charge in [0.05, 0.1) is 6.10 Å². The van der Waals surface area contributed by atoms with Gasteiger partial charge in [-0.25, -0.2) is 0 Å². The first kappa shape index (κ1) is 14.0. The predicted molar refractivity (Wildman–Crippen MR) is 82.7 cm³/mol. The maximum Gasteiger partial charge on any atom is 0.155 e. The molecular weight excluding hydrogens is 260 g/mol. The first-order valence-corrected chi connectivity index (χ1v) is 8.87. The summed E-state index contributed by atoms with van der Waals surface area (Å²) in [5, 5.41) is 10.4. The number of carbonyl (C=O) groups excluding carboxylic acids is 1. The minimum absolute atomic E-state index is 0.0823. The molecule has 0 amide bonds. The van der Waals surface area contributed by atoms with E-state index in [9.17, 15) is 9.90 Å². The fraction of sp³-hybridized carbons (Fsp3) is 0.842. The summed E-state index contributed by atoms with van der Waals surface area (Å²) in [7, 11) is 0. The number of ketones is 1. The van der Waals surface area contributed by atoms with E-state index < -0.39 is 0 Å². The number of allylic oxidation sites excluding steroid dienone is 1. The molecule has 0 bridgehead atoms. The summed E-state index contributed by atoms with van der Waals surface area (Å²) < 4.78 is 0. The van der Waals surface area contributed by atoms with Crippen LogP contribution in [0.3, 0.4) is 0 Å². The molecular formula is C19H28O2. The van der Waals surface area contributed by atoms with Gasteiger partial charge in [0.25, 0.3) is 0 Å². The maximum atomic E-state index is 11.8. The normalized spacial score (nSPS) is 52.7. The zero-order valence-corrected chi connectivity index (χ0v) is 13.4. The highest BCUT2D eigenvalue weighted by Gasteiger charge is 2.58. The highest BCUT2D eigenvalue weighted by atomic mass is 16.3. The fourth-order valence-electron chi connectivity index (χ4n) is 6.53. The van der Waals surface area contributed by atoms with Crippen molar-refractivity contribution in [3.8, 4) is 0 Å². The Hall–Kier alpha value is -0.630. The van der Waals surface area contributed by atoms with Crippen molar-refractivity contribution in [3.63, 3.8) is 0 Å². The molecule has 21 heavy (non-hydrogen) atoms. The second-order valence-corrected chi connectivity index (χ2v) is 8.61. The van der Waals surface area contributed by atoms with Gasteiger partial charge in [0.15, 0.2) is 5.78 Å². The van der Waals surface area contributed by atoms with Crippen molar-refractivity contribution >= 4 is 5.78 Å². The number of fused-ring (bicyclic) bond motifs is 5. The van der Waals surface area contributed by atoms with Crippen LogP contribution >= 0.6 is 0 Å². The SMILES string of the molecule is C[C@]12CCC3C(CCC4=CC(=O)CC[C@@]43C)[C@@H]1CC[C@@H]2O. The standard InChI is InChI=1S/C19H28O2/c1-18-9-7-13(20)11-12(18)3-4-14-15-5-6-17(21)19(15,2)10-8-16(14)18/h11,14-17,21H,3-10H2,1-2H3/t14?,15-,16?,17-,18-,19-/m0/s1. The van der Waals surface area contributed by atoms with Crippen LogP contribution in [-0.4, -0.2) is 17.0 Å². The first-order valence-electron chi connectivity index (χ1n) is 8.87. The molecule has 4 aliphatic carbocycles. The summed E-state index contributed by atoms with van der Waals surface area (Å²) in [6.45, 7) is 4.76. The second-order valence-electron chi connectivity index (χ2n) is 8.61. The van der Waals surface area contributed by atoms with E-state index >= 15 is 0 Å². The van der Waals surface area contributed by atoms with Gasteiger partial charge in [0, 0.05) is 6.42 Å². The van der Waals surface area contributed by atoms with Crippen LogP contribution in [0.25, 0.3) is 0 Å². The number of aliphatic hydroxyl groups is 1. The molecule has 3 fully saturated rings. The molecule has 0 spiro atoms. The molecule has 0 aromatic heterocycles. The molecule has 4 rings (SSSR count). The second kappa shape index (κ2) is 4.44. The van der Waals surface area contributed by atoms with Crippen molar-refractivity contribution in [1.29, 1.82) is 0 Å². The van der Waals surface area contributed by atoms with E-state index in [4.69, 9.17) is 0 Å². The van der Waals surface area contributed by atoms with E-state index in [0.717, 1.165) is 37.5 Å². The molecule has 0 saturated heterocycles. The van der Waals surface area contributed by atoms with Gasteiger partial charge in [0.2, 0.25) is 0 Å². The van der Waals surface area contributed by atoms with Crippen LogP contribution < -0.4 is 0 Å². The van der Waals surface area contributed by atoms with Crippen molar-refractivity contribution in [1.82, 2.24) is 0 Å². The van der Waals surface area contributed by atoms with Crippen LogP contribution in [0.1, 0.15) is 65.2 Å². The Morgan fingerprint density at radius 1 is 1.05 bits per heavy atom. The van der Waals surface area contributed by atoms with Crippen molar-refractivity contribution in [2.24, 2.45) is 28.6 Å². The van der Waals surface area contributed by atoms with Crippen molar-refractivity contribution in [2.75, 3.05) is 0 Å². The van der Waals surface area contributed by atoms with Crippen LogP contribution in [0.5, 0.6) is 0 Å². The third-order valence-corrected chi connectivity index (χ3v) is 7.91. The monoisotopic (exact) mass is 288 g/mol. The molecule has 0 radical (unpaired) electrons. The largest absolute Gasteiger partial charge is 0.393 e. The van der Waals surface area contributed by atoms with Gasteiger partial charge < -0.3 is 5.11 Å². The third-order valence-electron chi connectivity index (χ3n) is 7.91. The molecule has 116 valence electrons. The summed E-state index contributed by atoms with van der Waals surface area (Å²) in [4.78, 5) is 11.8. The number of hydrogen-bond donors (Lipinski definition) is 1. The first-order chi connectivity index (χ1) is 9.95. The summed E-state index contributed by atoms with van der Waals surface area (Å²) in [6.07, 6.45) is 10.7. The van der Waals surface area contributed by atoms with Gasteiger partial charge in [0.1, 0.15) is 0 Å². The lowest BCUT2D eigenvalue weighted by Gasteiger charge is -2.57. The van der Waals surface area contributed by atoms with E-state index in [2.05, 4.69) is 13.8 Å². The van der Waals surface area contributed by atoms with Gasteiger partial charge in [-0.1, -0.05) is 19.4 Å². The molecule has 3 saturated carbocycles. The summed E-state index contributed by atoms with van der Waals surface area (Å²) in [6, 6.07) is 0. The lowest BCUT2D eigenvalue weighted by molar-refractivity contribution is -0.118. The molecule has 2 unspecified atom stereocenters. The highest BCUT2D eigenvalue weighted by Crippen LogP contribution is 2.65. The topological polar surface area (TPSA) is 37.3 Å².